The van der Waals surface area contributed by atoms with Crippen LogP contribution in [0.3, 0.4) is 0 Å². The predicted molar refractivity (Wildman–Crippen MR) is 36.5 cm³/mol. The van der Waals surface area contributed by atoms with Crippen LogP contribution in [0.15, 0.2) is 6.33 Å². The molecule has 0 aliphatic carbocycles. The number of hydrogen-bond donors (Lipinski definition) is 1. The number of rotatable bonds is 3. The monoisotopic (exact) mass is 155 g/mol. The van der Waals surface area contributed by atoms with Crippen molar-refractivity contribution in [3.63, 3.8) is 0 Å². The third-order valence-electron chi connectivity index (χ3n) is 1.07. The van der Waals surface area contributed by atoms with E-state index >= 15 is 0 Å². The molecule has 0 aliphatic rings. The molecule has 0 radical (unpaired) electrons. The predicted octanol–water partition coefficient (Wildman–Crippen LogP) is -1.19. The number of hydrogen-bond acceptors (Lipinski definition) is 4. The average Bonchev–Trinajstić information content (AvgIpc) is 2.40. The second kappa shape index (κ2) is 3.65. The summed E-state index contributed by atoms with van der Waals surface area (Å²) in [5.74, 6) is -0.0835. The molecule has 0 fully saturated rings. The second-order valence-electron chi connectivity index (χ2n) is 1.96. The Morgan fingerprint density at radius 1 is 1.73 bits per heavy atom. The summed E-state index contributed by atoms with van der Waals surface area (Å²) in [6.45, 7) is 2.67. The first-order chi connectivity index (χ1) is 5.33. The van der Waals surface area contributed by atoms with E-state index in [1.165, 1.54) is 11.0 Å². The summed E-state index contributed by atoms with van der Waals surface area (Å²) in [5.41, 5.74) is 0. The van der Waals surface area contributed by atoms with Crippen LogP contribution in [0.25, 0.3) is 0 Å². The third-order valence-corrected chi connectivity index (χ3v) is 1.07. The van der Waals surface area contributed by atoms with Crippen LogP contribution in [0.5, 0.6) is 0 Å². The van der Waals surface area contributed by atoms with Crippen molar-refractivity contribution in [3.05, 3.63) is 6.33 Å². The molecule has 11 heavy (non-hydrogen) atoms. The van der Waals surface area contributed by atoms with Crippen LogP contribution in [0, 0.1) is 0 Å². The van der Waals surface area contributed by atoms with E-state index in [9.17, 15) is 4.79 Å². The lowest BCUT2D eigenvalue weighted by atomic mass is 10.5. The van der Waals surface area contributed by atoms with Crippen LogP contribution < -0.4 is 5.32 Å². The van der Waals surface area contributed by atoms with Gasteiger partial charge in [0.1, 0.15) is 12.9 Å². The first-order valence-electron chi connectivity index (χ1n) is 3.30. The van der Waals surface area contributed by atoms with Gasteiger partial charge < -0.3 is 5.32 Å². The molecule has 1 N–H and O–H groups in total. The Morgan fingerprint density at radius 3 is 3.09 bits per heavy atom. The molecular weight excluding hydrogens is 146 g/mol. The Hall–Kier alpha value is -1.46. The molecule has 0 saturated carbocycles. The van der Waals surface area contributed by atoms with E-state index in [0.717, 1.165) is 0 Å². The number of amides is 1. The third kappa shape index (κ3) is 2.32. The zero-order valence-corrected chi connectivity index (χ0v) is 6.19. The smallest absolute Gasteiger partial charge is 0.241 e. The minimum absolute atomic E-state index is 0.0835. The first-order valence-corrected chi connectivity index (χ1v) is 3.30. The molecule has 1 amide bonds. The van der Waals surface area contributed by atoms with Crippen LogP contribution in [-0.2, 0) is 11.3 Å². The Kier molecular flexibility index (Phi) is 2.53. The molecule has 6 nitrogen and oxygen atoms in total. The van der Waals surface area contributed by atoms with Gasteiger partial charge in [-0.05, 0) is 17.4 Å². The standard InChI is InChI=1S/C5H9N5O/c1-2-6-5(11)3-10-4-7-8-9-10/h4H,2-3H2,1H3,(H,6,11). The fourth-order valence-electron chi connectivity index (χ4n) is 0.653. The van der Waals surface area contributed by atoms with E-state index < -0.39 is 0 Å². The zero-order valence-electron chi connectivity index (χ0n) is 6.19. The molecule has 0 unspecified atom stereocenters. The van der Waals surface area contributed by atoms with Crippen molar-refractivity contribution in [2.75, 3.05) is 6.54 Å². The Morgan fingerprint density at radius 2 is 2.55 bits per heavy atom. The molecule has 1 aromatic rings. The number of carbonyl (C=O) groups excluding carboxylic acids is 1. The summed E-state index contributed by atoms with van der Waals surface area (Å²) in [6.07, 6.45) is 1.40. The van der Waals surface area contributed by atoms with Crippen molar-refractivity contribution in [1.29, 1.82) is 0 Å². The van der Waals surface area contributed by atoms with Gasteiger partial charge in [0.15, 0.2) is 0 Å². The molecule has 1 rings (SSSR count). The van der Waals surface area contributed by atoms with E-state index in [2.05, 4.69) is 20.8 Å². The minimum Gasteiger partial charge on any atom is -0.355 e. The van der Waals surface area contributed by atoms with Crippen molar-refractivity contribution in [2.45, 2.75) is 13.5 Å². The van der Waals surface area contributed by atoms with Crippen LogP contribution in [-0.4, -0.2) is 32.7 Å². The van der Waals surface area contributed by atoms with E-state index in [1.807, 2.05) is 6.92 Å². The summed E-state index contributed by atoms with van der Waals surface area (Å²) in [4.78, 5) is 10.9. The Bertz CT molecular complexity index is 219. The molecule has 6 heteroatoms. The molecule has 1 aromatic heterocycles. The SMILES string of the molecule is CCNC(=O)Cn1cnnn1. The van der Waals surface area contributed by atoms with Crippen LogP contribution in [0.2, 0.25) is 0 Å². The van der Waals surface area contributed by atoms with Crippen molar-refractivity contribution < 1.29 is 4.79 Å². The summed E-state index contributed by atoms with van der Waals surface area (Å²) in [7, 11) is 0. The van der Waals surface area contributed by atoms with E-state index in [-0.39, 0.29) is 12.5 Å². The van der Waals surface area contributed by atoms with Gasteiger partial charge in [0.25, 0.3) is 0 Å². The number of nitrogens with zero attached hydrogens (tertiary/aromatic N) is 4. The first kappa shape index (κ1) is 7.64. The van der Waals surface area contributed by atoms with Crippen molar-refractivity contribution in [1.82, 2.24) is 25.5 Å². The van der Waals surface area contributed by atoms with Gasteiger partial charge in [0.05, 0.1) is 0 Å². The van der Waals surface area contributed by atoms with Gasteiger partial charge in [0, 0.05) is 6.54 Å². The maximum absolute atomic E-state index is 10.9. The number of aromatic nitrogens is 4. The quantitative estimate of drug-likeness (QED) is 0.595. The van der Waals surface area contributed by atoms with Gasteiger partial charge in [-0.3, -0.25) is 4.79 Å². The largest absolute Gasteiger partial charge is 0.355 e. The number of likely N-dealkylation sites (N-methyl/N-ethyl adjacent to an activating group) is 1. The molecule has 60 valence electrons. The van der Waals surface area contributed by atoms with Crippen LogP contribution in [0.1, 0.15) is 6.92 Å². The van der Waals surface area contributed by atoms with Gasteiger partial charge in [-0.2, -0.15) is 0 Å². The molecule has 0 atom stereocenters. The van der Waals surface area contributed by atoms with Gasteiger partial charge in [-0.15, -0.1) is 5.10 Å². The van der Waals surface area contributed by atoms with Crippen molar-refractivity contribution in [3.8, 4) is 0 Å². The highest BCUT2D eigenvalue weighted by Gasteiger charge is 2.00. The van der Waals surface area contributed by atoms with E-state index in [1.54, 1.807) is 0 Å². The maximum atomic E-state index is 10.9. The number of carbonyl (C=O) groups is 1. The minimum atomic E-state index is -0.0835. The van der Waals surface area contributed by atoms with Crippen LogP contribution >= 0.6 is 0 Å². The van der Waals surface area contributed by atoms with Gasteiger partial charge in [-0.1, -0.05) is 0 Å². The van der Waals surface area contributed by atoms with Gasteiger partial charge >= 0.3 is 0 Å². The fourth-order valence-corrected chi connectivity index (χ4v) is 0.653. The summed E-state index contributed by atoms with van der Waals surface area (Å²) in [6, 6.07) is 0. The highest BCUT2D eigenvalue weighted by Crippen LogP contribution is 1.76. The van der Waals surface area contributed by atoms with Crippen molar-refractivity contribution >= 4 is 5.91 Å². The molecule has 0 aromatic carbocycles. The topological polar surface area (TPSA) is 72.7 Å². The molecule has 1 heterocycles. The van der Waals surface area contributed by atoms with Gasteiger partial charge in [0.2, 0.25) is 5.91 Å². The van der Waals surface area contributed by atoms with Crippen LogP contribution in [0.4, 0.5) is 0 Å². The Labute approximate surface area is 63.6 Å². The number of tetrazole rings is 1. The normalized spacial score (nSPS) is 9.55. The lowest BCUT2D eigenvalue weighted by molar-refractivity contribution is -0.121. The lowest BCUT2D eigenvalue weighted by Crippen LogP contribution is -2.27. The zero-order chi connectivity index (χ0) is 8.10. The van der Waals surface area contributed by atoms with Gasteiger partial charge in [-0.25, -0.2) is 4.68 Å². The molecule has 0 spiro atoms. The fraction of sp³-hybridized carbons (Fsp3) is 0.600. The second-order valence-corrected chi connectivity index (χ2v) is 1.96. The highest BCUT2D eigenvalue weighted by atomic mass is 16.2. The average molecular weight is 155 g/mol. The molecule has 0 saturated heterocycles. The number of nitrogens with one attached hydrogen (secondary N) is 1. The lowest BCUT2D eigenvalue weighted by Gasteiger charge is -1.98. The highest BCUT2D eigenvalue weighted by molar-refractivity contribution is 5.75. The molecular formula is C5H9N5O. The summed E-state index contributed by atoms with van der Waals surface area (Å²) >= 11 is 0. The van der Waals surface area contributed by atoms with E-state index in [0.29, 0.717) is 6.54 Å². The molecule has 0 bridgehead atoms. The Balaban J connectivity index is 2.37. The van der Waals surface area contributed by atoms with E-state index in [4.69, 9.17) is 0 Å². The summed E-state index contributed by atoms with van der Waals surface area (Å²) in [5, 5.41) is 12.9. The van der Waals surface area contributed by atoms with Crippen molar-refractivity contribution in [2.24, 2.45) is 0 Å². The molecule has 0 aliphatic heterocycles. The summed E-state index contributed by atoms with van der Waals surface area (Å²) < 4.78 is 1.37. The maximum Gasteiger partial charge on any atom is 0.241 e.